The van der Waals surface area contributed by atoms with Crippen LogP contribution in [0, 0.1) is 11.3 Å². The first kappa shape index (κ1) is 22.6. The molecule has 0 unspecified atom stereocenters. The second kappa shape index (κ2) is 8.98. The number of hydrogen-bond acceptors (Lipinski definition) is 4. The minimum absolute atomic E-state index is 0.0987. The first-order valence-corrected chi connectivity index (χ1v) is 10.6. The number of rotatable bonds is 6. The Balaban J connectivity index is 1.72. The first-order chi connectivity index (χ1) is 14.6. The fourth-order valence-electron chi connectivity index (χ4n) is 2.63. The highest BCUT2D eigenvalue weighted by molar-refractivity contribution is 7.89. The molecular weight excluding hydrogens is 453 g/mol. The lowest BCUT2D eigenvalue weighted by Crippen LogP contribution is -2.23. The molecule has 0 fully saturated rings. The molecular formula is C21H14ClF3N2O3S. The Morgan fingerprint density at radius 2 is 1.71 bits per heavy atom. The lowest BCUT2D eigenvalue weighted by molar-refractivity contribution is -0.137. The quantitative estimate of drug-likeness (QED) is 0.520. The summed E-state index contributed by atoms with van der Waals surface area (Å²) in [4.78, 5) is -0.0987. The molecule has 0 bridgehead atoms. The van der Waals surface area contributed by atoms with Gasteiger partial charge in [0.1, 0.15) is 23.1 Å². The van der Waals surface area contributed by atoms with Crippen LogP contribution in [0.25, 0.3) is 0 Å². The van der Waals surface area contributed by atoms with E-state index in [4.69, 9.17) is 16.3 Å². The Labute approximate surface area is 181 Å². The standard InChI is InChI=1S/C21H14ClF3N2O3S/c22-19-5-2-6-20(18(19)12-26)30-16-7-9-17(10-8-16)31(28,29)27-13-14-3-1-4-15(11-14)21(23,24)25/h1-11,27H,13H2. The second-order valence-electron chi connectivity index (χ2n) is 6.32. The van der Waals surface area contributed by atoms with Crippen LogP contribution < -0.4 is 9.46 Å². The van der Waals surface area contributed by atoms with Crippen LogP contribution in [0.15, 0.2) is 71.6 Å². The third kappa shape index (κ3) is 5.55. The van der Waals surface area contributed by atoms with Gasteiger partial charge in [-0.05, 0) is 48.0 Å². The molecule has 0 radical (unpaired) electrons. The van der Waals surface area contributed by atoms with Crippen molar-refractivity contribution in [3.05, 3.63) is 88.4 Å². The summed E-state index contributed by atoms with van der Waals surface area (Å²) in [6.07, 6.45) is -4.51. The van der Waals surface area contributed by atoms with Gasteiger partial charge in [-0.1, -0.05) is 35.9 Å². The summed E-state index contributed by atoms with van der Waals surface area (Å²) in [5.74, 6) is 0.490. The normalized spacial score (nSPS) is 11.7. The zero-order valence-corrected chi connectivity index (χ0v) is 17.2. The number of nitrogens with one attached hydrogen (secondary N) is 1. The van der Waals surface area contributed by atoms with Gasteiger partial charge in [0, 0.05) is 6.54 Å². The van der Waals surface area contributed by atoms with E-state index in [0.29, 0.717) is 0 Å². The minimum atomic E-state index is -4.51. The van der Waals surface area contributed by atoms with Crippen LogP contribution in [-0.4, -0.2) is 8.42 Å². The summed E-state index contributed by atoms with van der Waals surface area (Å²) in [6, 6.07) is 16.4. The van der Waals surface area contributed by atoms with Gasteiger partial charge in [0.05, 0.1) is 15.5 Å². The zero-order valence-electron chi connectivity index (χ0n) is 15.7. The maximum atomic E-state index is 12.8. The molecule has 0 saturated heterocycles. The molecule has 10 heteroatoms. The number of alkyl halides is 3. The molecule has 160 valence electrons. The molecule has 0 aliphatic heterocycles. The fourth-order valence-corrected chi connectivity index (χ4v) is 3.86. The molecule has 1 N–H and O–H groups in total. The Morgan fingerprint density at radius 1 is 1.03 bits per heavy atom. The van der Waals surface area contributed by atoms with Gasteiger partial charge in [-0.15, -0.1) is 0 Å². The molecule has 3 rings (SSSR count). The molecule has 0 aliphatic carbocycles. The van der Waals surface area contributed by atoms with Gasteiger partial charge in [-0.3, -0.25) is 0 Å². The highest BCUT2D eigenvalue weighted by atomic mass is 35.5. The van der Waals surface area contributed by atoms with Crippen molar-refractivity contribution in [1.29, 1.82) is 5.26 Å². The van der Waals surface area contributed by atoms with Crippen molar-refractivity contribution in [3.63, 3.8) is 0 Å². The van der Waals surface area contributed by atoms with E-state index in [2.05, 4.69) is 4.72 Å². The smallest absolute Gasteiger partial charge is 0.416 e. The van der Waals surface area contributed by atoms with E-state index in [1.807, 2.05) is 6.07 Å². The van der Waals surface area contributed by atoms with E-state index in [0.717, 1.165) is 12.1 Å². The predicted molar refractivity (Wildman–Crippen MR) is 108 cm³/mol. The van der Waals surface area contributed by atoms with Crippen molar-refractivity contribution in [2.24, 2.45) is 0 Å². The number of hydrogen-bond donors (Lipinski definition) is 1. The molecule has 0 aromatic heterocycles. The maximum Gasteiger partial charge on any atom is 0.416 e. The topological polar surface area (TPSA) is 79.2 Å². The largest absolute Gasteiger partial charge is 0.456 e. The van der Waals surface area contributed by atoms with Crippen molar-refractivity contribution < 1.29 is 26.3 Å². The molecule has 0 heterocycles. The number of halogens is 4. The minimum Gasteiger partial charge on any atom is -0.456 e. The van der Waals surface area contributed by atoms with Gasteiger partial charge in [0.2, 0.25) is 10.0 Å². The van der Waals surface area contributed by atoms with Crippen molar-refractivity contribution in [2.45, 2.75) is 17.6 Å². The van der Waals surface area contributed by atoms with E-state index in [9.17, 15) is 26.9 Å². The summed E-state index contributed by atoms with van der Waals surface area (Å²) in [5, 5.41) is 9.40. The fraction of sp³-hybridized carbons (Fsp3) is 0.0952. The maximum absolute atomic E-state index is 12.8. The van der Waals surface area contributed by atoms with Crippen LogP contribution in [-0.2, 0) is 22.7 Å². The average Bonchev–Trinajstić information content (AvgIpc) is 2.73. The predicted octanol–water partition coefficient (Wildman–Crippen LogP) is 5.50. The lowest BCUT2D eigenvalue weighted by atomic mass is 10.1. The Hall–Kier alpha value is -3.06. The molecule has 0 saturated carbocycles. The monoisotopic (exact) mass is 466 g/mol. The Kier molecular flexibility index (Phi) is 6.55. The van der Waals surface area contributed by atoms with E-state index in [1.165, 1.54) is 36.4 Å². The molecule has 5 nitrogen and oxygen atoms in total. The molecule has 0 amide bonds. The van der Waals surface area contributed by atoms with Crippen molar-refractivity contribution in [1.82, 2.24) is 4.72 Å². The van der Waals surface area contributed by atoms with Gasteiger partial charge in [0.25, 0.3) is 0 Å². The third-order valence-corrected chi connectivity index (χ3v) is 5.90. The number of nitriles is 1. The van der Waals surface area contributed by atoms with Crippen molar-refractivity contribution in [3.8, 4) is 17.6 Å². The van der Waals surface area contributed by atoms with Gasteiger partial charge in [-0.2, -0.15) is 18.4 Å². The van der Waals surface area contributed by atoms with Crippen molar-refractivity contribution in [2.75, 3.05) is 0 Å². The average molecular weight is 467 g/mol. The third-order valence-electron chi connectivity index (χ3n) is 4.17. The van der Waals surface area contributed by atoms with E-state index < -0.39 is 21.8 Å². The molecule has 0 aliphatic rings. The van der Waals surface area contributed by atoms with Crippen LogP contribution in [0.1, 0.15) is 16.7 Å². The highest BCUT2D eigenvalue weighted by Gasteiger charge is 2.30. The van der Waals surface area contributed by atoms with Crippen LogP contribution >= 0.6 is 11.6 Å². The van der Waals surface area contributed by atoms with Crippen LogP contribution in [0.3, 0.4) is 0 Å². The van der Waals surface area contributed by atoms with Crippen molar-refractivity contribution >= 4 is 21.6 Å². The summed E-state index contributed by atoms with van der Waals surface area (Å²) in [5.41, 5.74) is -0.546. The van der Waals surface area contributed by atoms with Crippen LogP contribution in [0.5, 0.6) is 11.5 Å². The second-order valence-corrected chi connectivity index (χ2v) is 8.50. The summed E-state index contributed by atoms with van der Waals surface area (Å²) < 4.78 is 71.2. The highest BCUT2D eigenvalue weighted by Crippen LogP contribution is 2.31. The van der Waals surface area contributed by atoms with Crippen LogP contribution in [0.2, 0.25) is 5.02 Å². The molecule has 3 aromatic carbocycles. The number of nitrogens with zero attached hydrogens (tertiary/aromatic N) is 1. The molecule has 31 heavy (non-hydrogen) atoms. The lowest BCUT2D eigenvalue weighted by Gasteiger charge is -2.11. The van der Waals surface area contributed by atoms with E-state index in [-0.39, 0.29) is 39.1 Å². The molecule has 3 aromatic rings. The van der Waals surface area contributed by atoms with E-state index >= 15 is 0 Å². The number of benzene rings is 3. The molecule has 0 atom stereocenters. The SMILES string of the molecule is N#Cc1c(Cl)cccc1Oc1ccc(S(=O)(=O)NCc2cccc(C(F)(F)F)c2)cc1. The summed E-state index contributed by atoms with van der Waals surface area (Å²) >= 11 is 5.95. The summed E-state index contributed by atoms with van der Waals surface area (Å²) in [7, 11) is -3.98. The van der Waals surface area contributed by atoms with Gasteiger partial charge in [-0.25, -0.2) is 13.1 Å². The summed E-state index contributed by atoms with van der Waals surface area (Å²) in [6.45, 7) is -0.307. The first-order valence-electron chi connectivity index (χ1n) is 8.72. The zero-order chi connectivity index (χ0) is 22.6. The van der Waals surface area contributed by atoms with Crippen LogP contribution in [0.4, 0.5) is 13.2 Å². The van der Waals surface area contributed by atoms with E-state index in [1.54, 1.807) is 18.2 Å². The van der Waals surface area contributed by atoms with Gasteiger partial charge < -0.3 is 4.74 Å². The molecule has 0 spiro atoms. The number of sulfonamides is 1. The Morgan fingerprint density at radius 3 is 2.35 bits per heavy atom. The number of ether oxygens (including phenoxy) is 1. The Bertz CT molecular complexity index is 1240. The van der Waals surface area contributed by atoms with Gasteiger partial charge in [0.15, 0.2) is 0 Å². The van der Waals surface area contributed by atoms with Gasteiger partial charge >= 0.3 is 6.18 Å².